The molecule has 0 radical (unpaired) electrons. The molecular weight excluding hydrogens is 292 g/mol. The van der Waals surface area contributed by atoms with Crippen molar-refractivity contribution in [2.45, 2.75) is 24.6 Å². The summed E-state index contributed by atoms with van der Waals surface area (Å²) in [7, 11) is 0. The van der Waals surface area contributed by atoms with Crippen LogP contribution in [0.3, 0.4) is 0 Å². The molecule has 21 heavy (non-hydrogen) atoms. The molecule has 3 amide bonds. The lowest BCUT2D eigenvalue weighted by molar-refractivity contribution is -0.155. The summed E-state index contributed by atoms with van der Waals surface area (Å²) in [5, 5.41) is 2.31. The quantitative estimate of drug-likeness (QED) is 0.638. The molecule has 2 aliphatic rings. The topological polar surface area (TPSA) is 49.4 Å². The number of alkyl halides is 3. The second-order valence-electron chi connectivity index (χ2n) is 5.14. The Morgan fingerprint density at radius 3 is 2.67 bits per heavy atom. The van der Waals surface area contributed by atoms with Gasteiger partial charge in [-0.25, -0.2) is 9.18 Å². The summed E-state index contributed by atoms with van der Waals surface area (Å²) in [6.07, 6.45) is -4.16. The van der Waals surface area contributed by atoms with E-state index < -0.39 is 36.0 Å². The van der Waals surface area contributed by atoms with Gasteiger partial charge in [0.05, 0.1) is 0 Å². The molecule has 1 spiro atoms. The fourth-order valence-corrected chi connectivity index (χ4v) is 2.92. The lowest BCUT2D eigenvalue weighted by Crippen LogP contribution is -2.43. The van der Waals surface area contributed by atoms with Crippen molar-refractivity contribution < 1.29 is 27.2 Å². The summed E-state index contributed by atoms with van der Waals surface area (Å²) in [5.41, 5.74) is -0.677. The van der Waals surface area contributed by atoms with Crippen LogP contribution in [0.15, 0.2) is 18.2 Å². The zero-order chi connectivity index (χ0) is 15.4. The molecule has 1 aliphatic heterocycles. The van der Waals surface area contributed by atoms with Crippen LogP contribution < -0.4 is 5.32 Å². The minimum absolute atomic E-state index is 0.130. The number of amides is 3. The summed E-state index contributed by atoms with van der Waals surface area (Å²) < 4.78 is 50.7. The molecule has 1 aromatic rings. The lowest BCUT2D eigenvalue weighted by atomic mass is 9.91. The smallest absolute Gasteiger partial charge is 0.319 e. The maximum Gasteiger partial charge on any atom is 0.406 e. The number of fused-ring (bicyclic) bond motifs is 2. The molecule has 1 N–H and O–H groups in total. The molecule has 1 atom stereocenters. The Labute approximate surface area is 116 Å². The number of nitrogens with one attached hydrogen (secondary N) is 1. The number of carbonyl (C=O) groups excluding carboxylic acids is 2. The fraction of sp³-hybridized carbons (Fsp3) is 0.385. The Bertz CT molecular complexity index is 644. The van der Waals surface area contributed by atoms with Gasteiger partial charge < -0.3 is 5.32 Å². The lowest BCUT2D eigenvalue weighted by Gasteiger charge is -2.22. The van der Waals surface area contributed by atoms with Crippen LogP contribution in [0.25, 0.3) is 0 Å². The molecule has 0 bridgehead atoms. The van der Waals surface area contributed by atoms with Gasteiger partial charge in [-0.1, -0.05) is 6.07 Å². The van der Waals surface area contributed by atoms with E-state index in [4.69, 9.17) is 0 Å². The molecule has 0 saturated carbocycles. The van der Waals surface area contributed by atoms with E-state index in [9.17, 15) is 27.2 Å². The monoisotopic (exact) mass is 302 g/mol. The molecule has 8 heteroatoms. The first-order chi connectivity index (χ1) is 9.73. The van der Waals surface area contributed by atoms with Crippen LogP contribution in [-0.2, 0) is 16.8 Å². The standard InChI is InChI=1S/C13H10F4N2O2/c14-8-2-1-7-3-4-12(9(7)5-8)10(20)19(11(21)18-12)6-13(15,16)17/h1-2,5H,3-4,6H2,(H,18,21). The van der Waals surface area contributed by atoms with Crippen LogP contribution in [0.2, 0.25) is 0 Å². The molecule has 1 saturated heterocycles. The Morgan fingerprint density at radius 1 is 1.29 bits per heavy atom. The van der Waals surface area contributed by atoms with Gasteiger partial charge in [0.15, 0.2) is 0 Å². The van der Waals surface area contributed by atoms with Crippen molar-refractivity contribution in [1.29, 1.82) is 0 Å². The summed E-state index contributed by atoms with van der Waals surface area (Å²) in [6.45, 7) is -1.65. The van der Waals surface area contributed by atoms with Crippen molar-refractivity contribution >= 4 is 11.9 Å². The Kier molecular flexibility index (Phi) is 2.76. The van der Waals surface area contributed by atoms with Crippen molar-refractivity contribution in [3.05, 3.63) is 35.1 Å². The number of hydrogen-bond acceptors (Lipinski definition) is 2. The summed E-state index contributed by atoms with van der Waals surface area (Å²) >= 11 is 0. The van der Waals surface area contributed by atoms with Crippen LogP contribution in [0.1, 0.15) is 17.5 Å². The number of benzene rings is 1. The average Bonchev–Trinajstić information content (AvgIpc) is 2.83. The highest BCUT2D eigenvalue weighted by Crippen LogP contribution is 2.42. The highest BCUT2D eigenvalue weighted by molar-refractivity contribution is 6.08. The van der Waals surface area contributed by atoms with Gasteiger partial charge in [-0.05, 0) is 36.1 Å². The van der Waals surface area contributed by atoms with E-state index in [1.54, 1.807) is 0 Å². The number of imide groups is 1. The number of carbonyl (C=O) groups is 2. The molecule has 3 rings (SSSR count). The van der Waals surface area contributed by atoms with Gasteiger partial charge in [-0.3, -0.25) is 9.69 Å². The van der Waals surface area contributed by atoms with E-state index in [-0.39, 0.29) is 16.9 Å². The van der Waals surface area contributed by atoms with Gasteiger partial charge in [0.2, 0.25) is 0 Å². The van der Waals surface area contributed by atoms with E-state index in [1.165, 1.54) is 12.1 Å². The number of rotatable bonds is 1. The number of halogens is 4. The molecule has 1 aliphatic carbocycles. The first kappa shape index (κ1) is 13.8. The van der Waals surface area contributed by atoms with Crippen LogP contribution in [-0.4, -0.2) is 29.6 Å². The fourth-order valence-electron chi connectivity index (χ4n) is 2.92. The second-order valence-corrected chi connectivity index (χ2v) is 5.14. The third-order valence-corrected chi connectivity index (χ3v) is 3.81. The first-order valence-corrected chi connectivity index (χ1v) is 6.23. The van der Waals surface area contributed by atoms with E-state index in [2.05, 4.69) is 5.32 Å². The van der Waals surface area contributed by atoms with E-state index in [0.717, 1.165) is 6.07 Å². The largest absolute Gasteiger partial charge is 0.406 e. The van der Waals surface area contributed by atoms with Crippen LogP contribution in [0, 0.1) is 5.82 Å². The van der Waals surface area contributed by atoms with Gasteiger partial charge in [0.25, 0.3) is 5.91 Å². The number of urea groups is 1. The molecule has 0 aromatic heterocycles. The highest BCUT2D eigenvalue weighted by atomic mass is 19.4. The normalized spacial score (nSPS) is 24.7. The van der Waals surface area contributed by atoms with Crippen LogP contribution >= 0.6 is 0 Å². The zero-order valence-corrected chi connectivity index (χ0v) is 10.6. The SMILES string of the molecule is O=C1NC2(CCc3ccc(F)cc32)C(=O)N1CC(F)(F)F. The van der Waals surface area contributed by atoms with Crippen molar-refractivity contribution in [2.24, 2.45) is 0 Å². The van der Waals surface area contributed by atoms with Crippen LogP contribution in [0.4, 0.5) is 22.4 Å². The predicted molar refractivity (Wildman–Crippen MR) is 62.7 cm³/mol. The molecular formula is C13H10F4N2O2. The average molecular weight is 302 g/mol. The molecule has 1 fully saturated rings. The third-order valence-electron chi connectivity index (χ3n) is 3.81. The maximum atomic E-state index is 13.4. The van der Waals surface area contributed by atoms with Gasteiger partial charge >= 0.3 is 12.2 Å². The van der Waals surface area contributed by atoms with Gasteiger partial charge in [-0.2, -0.15) is 13.2 Å². The van der Waals surface area contributed by atoms with Gasteiger partial charge in [-0.15, -0.1) is 0 Å². The highest BCUT2D eigenvalue weighted by Gasteiger charge is 2.57. The van der Waals surface area contributed by atoms with Crippen molar-refractivity contribution in [3.63, 3.8) is 0 Å². The Hall–Kier alpha value is -2.12. The minimum atomic E-state index is -4.68. The van der Waals surface area contributed by atoms with Crippen molar-refractivity contribution in [3.8, 4) is 0 Å². The van der Waals surface area contributed by atoms with E-state index >= 15 is 0 Å². The second kappa shape index (κ2) is 4.19. The van der Waals surface area contributed by atoms with Gasteiger partial charge in [0, 0.05) is 0 Å². The van der Waals surface area contributed by atoms with E-state index in [0.29, 0.717) is 12.0 Å². The number of hydrogen-bond donors (Lipinski definition) is 1. The molecule has 112 valence electrons. The molecule has 1 aromatic carbocycles. The zero-order valence-electron chi connectivity index (χ0n) is 10.6. The van der Waals surface area contributed by atoms with E-state index in [1.807, 2.05) is 0 Å². The summed E-state index contributed by atoms with van der Waals surface area (Å²) in [6, 6.07) is 2.68. The van der Waals surface area contributed by atoms with Crippen LogP contribution in [0.5, 0.6) is 0 Å². The van der Waals surface area contributed by atoms with Gasteiger partial charge in [0.1, 0.15) is 17.9 Å². The van der Waals surface area contributed by atoms with Crippen molar-refractivity contribution in [2.75, 3.05) is 6.54 Å². The maximum absolute atomic E-state index is 13.4. The summed E-state index contributed by atoms with van der Waals surface area (Å²) in [4.78, 5) is 24.2. The minimum Gasteiger partial charge on any atom is -0.319 e. The predicted octanol–water partition coefficient (Wildman–Crippen LogP) is 2.08. The summed E-state index contributed by atoms with van der Waals surface area (Å²) in [5.74, 6) is -1.58. The molecule has 1 heterocycles. The van der Waals surface area contributed by atoms with Crippen molar-refractivity contribution in [1.82, 2.24) is 10.2 Å². The Balaban J connectivity index is 2.01. The molecule has 1 unspecified atom stereocenters. The molecule has 4 nitrogen and oxygen atoms in total. The first-order valence-electron chi connectivity index (χ1n) is 6.23. The number of nitrogens with zero attached hydrogens (tertiary/aromatic N) is 1. The third kappa shape index (κ3) is 2.05. The Morgan fingerprint density at radius 2 is 2.00 bits per heavy atom. The number of aryl methyl sites for hydroxylation is 1.